The number of carbonyl (C=O) groups excluding carboxylic acids is 1. The van der Waals surface area contributed by atoms with Gasteiger partial charge in [0.05, 0.1) is 31.9 Å². The summed E-state index contributed by atoms with van der Waals surface area (Å²) >= 11 is 12.0. The fourth-order valence-electron chi connectivity index (χ4n) is 1.97. The first-order valence-electron chi connectivity index (χ1n) is 7.01. The third-order valence-corrected chi connectivity index (χ3v) is 3.75. The minimum Gasteiger partial charge on any atom is -0.493 e. The van der Waals surface area contributed by atoms with E-state index in [1.54, 1.807) is 36.4 Å². The minimum atomic E-state index is -0.245. The maximum atomic E-state index is 11.9. The predicted octanol–water partition coefficient (Wildman–Crippen LogP) is 3.70. The molecule has 0 atom stereocenters. The van der Waals surface area contributed by atoms with E-state index in [1.165, 1.54) is 20.4 Å². The molecule has 0 aliphatic heterocycles. The van der Waals surface area contributed by atoms with Gasteiger partial charge in [-0.2, -0.15) is 5.10 Å². The van der Waals surface area contributed by atoms with Crippen molar-refractivity contribution in [3.8, 4) is 11.5 Å². The Morgan fingerprint density at radius 1 is 1.12 bits per heavy atom. The summed E-state index contributed by atoms with van der Waals surface area (Å²) in [6, 6.07) is 10.3. The molecule has 7 heteroatoms. The zero-order valence-electron chi connectivity index (χ0n) is 13.2. The Morgan fingerprint density at radius 3 is 2.38 bits per heavy atom. The lowest BCUT2D eigenvalue weighted by molar-refractivity contribution is -0.120. The molecule has 0 saturated carbocycles. The van der Waals surface area contributed by atoms with Crippen LogP contribution in [-0.4, -0.2) is 26.3 Å². The average molecular weight is 367 g/mol. The molecule has 0 unspecified atom stereocenters. The third kappa shape index (κ3) is 4.88. The van der Waals surface area contributed by atoms with E-state index in [0.29, 0.717) is 27.1 Å². The molecule has 2 aromatic rings. The zero-order valence-corrected chi connectivity index (χ0v) is 14.7. The fraction of sp³-hybridized carbons (Fsp3) is 0.176. The molecule has 0 spiro atoms. The summed E-state index contributed by atoms with van der Waals surface area (Å²) in [5, 5.41) is 4.97. The Balaban J connectivity index is 2.00. The monoisotopic (exact) mass is 366 g/mol. The van der Waals surface area contributed by atoms with Crippen LogP contribution in [0.5, 0.6) is 11.5 Å². The van der Waals surface area contributed by atoms with E-state index in [0.717, 1.165) is 5.56 Å². The molecule has 0 aliphatic carbocycles. The Labute approximate surface area is 150 Å². The van der Waals surface area contributed by atoms with Crippen LogP contribution in [0.4, 0.5) is 0 Å². The molecule has 1 amide bonds. The smallest absolute Gasteiger partial charge is 0.244 e. The van der Waals surface area contributed by atoms with Gasteiger partial charge in [-0.15, -0.1) is 0 Å². The quantitative estimate of drug-likeness (QED) is 0.626. The maximum Gasteiger partial charge on any atom is 0.244 e. The lowest BCUT2D eigenvalue weighted by Crippen LogP contribution is -2.19. The van der Waals surface area contributed by atoms with Crippen molar-refractivity contribution in [2.45, 2.75) is 6.42 Å². The molecular weight excluding hydrogens is 351 g/mol. The normalized spacial score (nSPS) is 10.7. The first-order valence-corrected chi connectivity index (χ1v) is 7.77. The van der Waals surface area contributed by atoms with Gasteiger partial charge < -0.3 is 9.47 Å². The highest BCUT2D eigenvalue weighted by molar-refractivity contribution is 6.33. The molecule has 2 aromatic carbocycles. The number of nitrogens with one attached hydrogen (secondary N) is 1. The summed E-state index contributed by atoms with van der Waals surface area (Å²) in [6.45, 7) is 0. The van der Waals surface area contributed by atoms with Gasteiger partial charge in [0.25, 0.3) is 0 Å². The summed E-state index contributed by atoms with van der Waals surface area (Å²) in [7, 11) is 3.06. The number of halogens is 2. The van der Waals surface area contributed by atoms with Crippen molar-refractivity contribution in [1.82, 2.24) is 5.43 Å². The molecule has 0 heterocycles. The van der Waals surface area contributed by atoms with E-state index in [4.69, 9.17) is 32.7 Å². The average Bonchev–Trinajstić information content (AvgIpc) is 2.58. The topological polar surface area (TPSA) is 59.9 Å². The lowest BCUT2D eigenvalue weighted by atomic mass is 10.1. The van der Waals surface area contributed by atoms with Gasteiger partial charge in [0.15, 0.2) is 11.5 Å². The molecule has 0 bridgehead atoms. The Hall–Kier alpha value is -2.24. The highest BCUT2D eigenvalue weighted by atomic mass is 35.5. The summed E-state index contributed by atoms with van der Waals surface area (Å²) in [4.78, 5) is 11.9. The molecule has 1 N–H and O–H groups in total. The summed E-state index contributed by atoms with van der Waals surface area (Å²) < 4.78 is 10.4. The summed E-state index contributed by atoms with van der Waals surface area (Å²) in [5.41, 5.74) is 3.90. The van der Waals surface area contributed by atoms with E-state index < -0.39 is 0 Å². The zero-order chi connectivity index (χ0) is 17.5. The number of amides is 1. The largest absolute Gasteiger partial charge is 0.493 e. The molecule has 0 aromatic heterocycles. The van der Waals surface area contributed by atoms with Crippen LogP contribution in [0.2, 0.25) is 10.0 Å². The van der Waals surface area contributed by atoms with Crippen molar-refractivity contribution in [2.24, 2.45) is 5.10 Å². The van der Waals surface area contributed by atoms with Crippen molar-refractivity contribution in [1.29, 1.82) is 0 Å². The van der Waals surface area contributed by atoms with Crippen molar-refractivity contribution in [2.75, 3.05) is 14.2 Å². The van der Waals surface area contributed by atoms with Gasteiger partial charge in [-0.25, -0.2) is 5.43 Å². The third-order valence-electron chi connectivity index (χ3n) is 3.17. The number of ether oxygens (including phenoxy) is 2. The summed E-state index contributed by atoms with van der Waals surface area (Å²) in [6.07, 6.45) is 1.65. The standard InChI is InChI=1S/C17H16Cl2N2O3/c1-23-15-8-12(14(19)9-16(15)24-2)10-20-21-17(22)7-11-3-5-13(18)6-4-11/h3-6,8-10H,7H2,1-2H3,(H,21,22)/b20-10+. The van der Waals surface area contributed by atoms with Crippen molar-refractivity contribution in [3.63, 3.8) is 0 Å². The van der Waals surface area contributed by atoms with Gasteiger partial charge in [-0.05, 0) is 23.8 Å². The SMILES string of the molecule is COc1cc(Cl)c(/C=N/NC(=O)Cc2ccc(Cl)cc2)cc1OC. The van der Waals surface area contributed by atoms with E-state index in [2.05, 4.69) is 10.5 Å². The molecule has 0 aliphatic rings. The lowest BCUT2D eigenvalue weighted by Gasteiger charge is -2.09. The minimum absolute atomic E-state index is 0.203. The number of nitrogens with zero attached hydrogens (tertiary/aromatic N) is 1. The Kier molecular flexibility index (Phi) is 6.46. The van der Waals surface area contributed by atoms with Crippen LogP contribution in [0.1, 0.15) is 11.1 Å². The molecule has 0 radical (unpaired) electrons. The highest BCUT2D eigenvalue weighted by Gasteiger charge is 2.08. The summed E-state index contributed by atoms with van der Waals surface area (Å²) in [5.74, 6) is 0.799. The number of benzene rings is 2. The van der Waals surface area contributed by atoms with Crippen LogP contribution in [0, 0.1) is 0 Å². The second-order valence-corrected chi connectivity index (χ2v) is 5.67. The number of hydrazone groups is 1. The molecule has 24 heavy (non-hydrogen) atoms. The van der Waals surface area contributed by atoms with Gasteiger partial charge in [0, 0.05) is 16.7 Å². The second-order valence-electron chi connectivity index (χ2n) is 4.83. The molecule has 0 saturated heterocycles. The maximum absolute atomic E-state index is 11.9. The predicted molar refractivity (Wildman–Crippen MR) is 95.4 cm³/mol. The molecule has 5 nitrogen and oxygen atoms in total. The number of carbonyl (C=O) groups is 1. The van der Waals surface area contributed by atoms with Gasteiger partial charge in [-0.3, -0.25) is 4.79 Å². The fourth-order valence-corrected chi connectivity index (χ4v) is 2.30. The van der Waals surface area contributed by atoms with E-state index in [1.807, 2.05) is 0 Å². The van der Waals surface area contributed by atoms with Crippen molar-refractivity contribution in [3.05, 3.63) is 57.6 Å². The number of hydrogen-bond donors (Lipinski definition) is 1. The van der Waals surface area contributed by atoms with Crippen LogP contribution < -0.4 is 14.9 Å². The van der Waals surface area contributed by atoms with Gasteiger partial charge in [0.1, 0.15) is 0 Å². The Bertz CT molecular complexity index is 746. The van der Waals surface area contributed by atoms with Crippen LogP contribution in [0.3, 0.4) is 0 Å². The van der Waals surface area contributed by atoms with Crippen LogP contribution in [-0.2, 0) is 11.2 Å². The molecular formula is C17H16Cl2N2O3. The Morgan fingerprint density at radius 2 is 1.75 bits per heavy atom. The van der Waals surface area contributed by atoms with Gasteiger partial charge in [0.2, 0.25) is 5.91 Å². The van der Waals surface area contributed by atoms with Gasteiger partial charge in [-0.1, -0.05) is 35.3 Å². The number of hydrogen-bond acceptors (Lipinski definition) is 4. The second kappa shape index (κ2) is 8.57. The molecule has 126 valence electrons. The van der Waals surface area contributed by atoms with Crippen molar-refractivity contribution >= 4 is 35.3 Å². The first-order chi connectivity index (χ1) is 11.5. The number of rotatable bonds is 6. The van der Waals surface area contributed by atoms with E-state index >= 15 is 0 Å². The first kappa shape index (κ1) is 18.1. The van der Waals surface area contributed by atoms with Gasteiger partial charge >= 0.3 is 0 Å². The number of methoxy groups -OCH3 is 2. The van der Waals surface area contributed by atoms with Crippen LogP contribution in [0.25, 0.3) is 0 Å². The molecule has 2 rings (SSSR count). The van der Waals surface area contributed by atoms with Crippen LogP contribution in [0.15, 0.2) is 41.5 Å². The highest BCUT2D eigenvalue weighted by Crippen LogP contribution is 2.32. The molecule has 0 fully saturated rings. The van der Waals surface area contributed by atoms with E-state index in [-0.39, 0.29) is 12.3 Å². The van der Waals surface area contributed by atoms with Crippen LogP contribution >= 0.6 is 23.2 Å². The van der Waals surface area contributed by atoms with Crippen molar-refractivity contribution < 1.29 is 14.3 Å². The van der Waals surface area contributed by atoms with E-state index in [9.17, 15) is 4.79 Å².